The fourth-order valence-electron chi connectivity index (χ4n) is 2.24. The Balaban J connectivity index is 2.50. The van der Waals surface area contributed by atoms with Crippen LogP contribution in [0.1, 0.15) is 10.4 Å². The molecule has 88 valence electrons. The Morgan fingerprint density at radius 2 is 1.89 bits per heavy atom. The zero-order valence-corrected chi connectivity index (χ0v) is 9.97. The molecule has 18 heavy (non-hydrogen) atoms. The van der Waals surface area contributed by atoms with E-state index in [-0.39, 0.29) is 5.91 Å². The van der Waals surface area contributed by atoms with E-state index in [4.69, 9.17) is 0 Å². The standard InChI is InChI=1S/C15H12N2O/c1-16-15(18)13-9-10-5-2-3-6-11(10)12-7-4-8-17-14(12)13/h2-9H,1H3,(H,16,18). The van der Waals surface area contributed by atoms with Gasteiger partial charge in [-0.05, 0) is 22.9 Å². The van der Waals surface area contributed by atoms with Crippen LogP contribution < -0.4 is 5.32 Å². The molecule has 1 amide bonds. The van der Waals surface area contributed by atoms with Crippen molar-refractivity contribution < 1.29 is 4.79 Å². The lowest BCUT2D eigenvalue weighted by Gasteiger charge is -2.08. The lowest BCUT2D eigenvalue weighted by Crippen LogP contribution is -2.18. The van der Waals surface area contributed by atoms with Crippen LogP contribution in [0.2, 0.25) is 0 Å². The maximum Gasteiger partial charge on any atom is 0.253 e. The first kappa shape index (κ1) is 10.7. The summed E-state index contributed by atoms with van der Waals surface area (Å²) < 4.78 is 0. The number of hydrogen-bond acceptors (Lipinski definition) is 2. The summed E-state index contributed by atoms with van der Waals surface area (Å²) in [6.07, 6.45) is 1.71. The van der Waals surface area contributed by atoms with E-state index in [2.05, 4.69) is 10.3 Å². The highest BCUT2D eigenvalue weighted by atomic mass is 16.1. The largest absolute Gasteiger partial charge is 0.355 e. The van der Waals surface area contributed by atoms with Gasteiger partial charge in [-0.1, -0.05) is 30.3 Å². The third kappa shape index (κ3) is 1.52. The Kier molecular flexibility index (Phi) is 2.45. The van der Waals surface area contributed by atoms with Crippen LogP contribution in [0.4, 0.5) is 0 Å². The van der Waals surface area contributed by atoms with E-state index in [9.17, 15) is 4.79 Å². The van der Waals surface area contributed by atoms with Crippen molar-refractivity contribution in [3.63, 3.8) is 0 Å². The highest BCUT2D eigenvalue weighted by Gasteiger charge is 2.12. The van der Waals surface area contributed by atoms with Gasteiger partial charge in [0.2, 0.25) is 0 Å². The zero-order chi connectivity index (χ0) is 12.5. The van der Waals surface area contributed by atoms with Crippen LogP contribution in [-0.2, 0) is 0 Å². The van der Waals surface area contributed by atoms with Gasteiger partial charge in [0.25, 0.3) is 5.91 Å². The molecule has 0 aliphatic rings. The van der Waals surface area contributed by atoms with E-state index in [0.717, 1.165) is 21.7 Å². The molecule has 0 aliphatic heterocycles. The number of pyridine rings is 1. The first-order chi connectivity index (χ1) is 8.81. The van der Waals surface area contributed by atoms with E-state index >= 15 is 0 Å². The summed E-state index contributed by atoms with van der Waals surface area (Å²) in [5, 5.41) is 5.84. The van der Waals surface area contributed by atoms with E-state index in [1.165, 1.54) is 0 Å². The average Bonchev–Trinajstić information content (AvgIpc) is 2.45. The second-order valence-corrected chi connectivity index (χ2v) is 4.12. The monoisotopic (exact) mass is 236 g/mol. The fraction of sp³-hybridized carbons (Fsp3) is 0.0667. The molecule has 0 saturated carbocycles. The Morgan fingerprint density at radius 1 is 1.11 bits per heavy atom. The van der Waals surface area contributed by atoms with Crippen molar-refractivity contribution in [2.75, 3.05) is 7.05 Å². The highest BCUT2D eigenvalue weighted by molar-refractivity contribution is 6.15. The number of amides is 1. The number of hydrogen-bond donors (Lipinski definition) is 1. The van der Waals surface area contributed by atoms with Gasteiger partial charge in [0.1, 0.15) is 0 Å². The van der Waals surface area contributed by atoms with Gasteiger partial charge in [-0.15, -0.1) is 0 Å². The Morgan fingerprint density at radius 3 is 2.72 bits per heavy atom. The summed E-state index contributed by atoms with van der Waals surface area (Å²) in [5.74, 6) is -0.107. The topological polar surface area (TPSA) is 42.0 Å². The van der Waals surface area contributed by atoms with E-state index in [1.807, 2.05) is 42.5 Å². The molecule has 0 saturated heterocycles. The second-order valence-electron chi connectivity index (χ2n) is 4.12. The predicted molar refractivity (Wildman–Crippen MR) is 72.6 cm³/mol. The van der Waals surface area contributed by atoms with Crippen LogP contribution in [0.15, 0.2) is 48.7 Å². The number of carbonyl (C=O) groups is 1. The molecule has 3 nitrogen and oxygen atoms in total. The normalized spacial score (nSPS) is 10.7. The van der Waals surface area contributed by atoms with Crippen molar-refractivity contribution in [2.24, 2.45) is 0 Å². The number of carbonyl (C=O) groups excluding carboxylic acids is 1. The molecule has 0 bridgehead atoms. The lowest BCUT2D eigenvalue weighted by atomic mass is 10.0. The maximum atomic E-state index is 11.9. The quantitative estimate of drug-likeness (QED) is 0.660. The first-order valence-electron chi connectivity index (χ1n) is 5.80. The number of nitrogens with zero attached hydrogens (tertiary/aromatic N) is 1. The summed E-state index contributed by atoms with van der Waals surface area (Å²) in [4.78, 5) is 16.3. The molecule has 0 aliphatic carbocycles. The van der Waals surface area contributed by atoms with Crippen LogP contribution in [0.3, 0.4) is 0 Å². The van der Waals surface area contributed by atoms with Gasteiger partial charge < -0.3 is 5.32 Å². The maximum absolute atomic E-state index is 11.9. The van der Waals surface area contributed by atoms with Crippen molar-refractivity contribution in [3.05, 3.63) is 54.2 Å². The fourth-order valence-corrected chi connectivity index (χ4v) is 2.24. The third-order valence-corrected chi connectivity index (χ3v) is 3.09. The molecule has 0 fully saturated rings. The van der Waals surface area contributed by atoms with Crippen LogP contribution in [-0.4, -0.2) is 17.9 Å². The minimum Gasteiger partial charge on any atom is -0.355 e. The number of rotatable bonds is 1. The molecule has 2 aromatic carbocycles. The van der Waals surface area contributed by atoms with Crippen molar-refractivity contribution in [3.8, 4) is 0 Å². The van der Waals surface area contributed by atoms with Crippen molar-refractivity contribution in [2.45, 2.75) is 0 Å². The minimum atomic E-state index is -0.107. The molecule has 3 aromatic rings. The molecule has 1 N–H and O–H groups in total. The molecule has 0 spiro atoms. The van der Waals surface area contributed by atoms with Gasteiger partial charge in [-0.2, -0.15) is 0 Å². The summed E-state index contributed by atoms with van der Waals surface area (Å²) in [7, 11) is 1.63. The number of nitrogens with one attached hydrogen (secondary N) is 1. The highest BCUT2D eigenvalue weighted by Crippen LogP contribution is 2.27. The number of fused-ring (bicyclic) bond motifs is 3. The Bertz CT molecular complexity index is 750. The second kappa shape index (κ2) is 4.11. The van der Waals surface area contributed by atoms with E-state index < -0.39 is 0 Å². The van der Waals surface area contributed by atoms with Gasteiger partial charge in [0.15, 0.2) is 0 Å². The van der Waals surface area contributed by atoms with Crippen molar-refractivity contribution in [1.82, 2.24) is 10.3 Å². The molecule has 3 rings (SSSR count). The van der Waals surface area contributed by atoms with Crippen LogP contribution in [0.25, 0.3) is 21.7 Å². The molecule has 1 aromatic heterocycles. The van der Waals surface area contributed by atoms with Gasteiger partial charge in [0, 0.05) is 18.6 Å². The molecule has 0 unspecified atom stereocenters. The van der Waals surface area contributed by atoms with E-state index in [1.54, 1.807) is 13.2 Å². The molecule has 3 heteroatoms. The van der Waals surface area contributed by atoms with Crippen molar-refractivity contribution >= 4 is 27.6 Å². The smallest absolute Gasteiger partial charge is 0.253 e. The molecular weight excluding hydrogens is 224 g/mol. The van der Waals surface area contributed by atoms with Crippen LogP contribution >= 0.6 is 0 Å². The Labute approximate surface area is 104 Å². The number of benzene rings is 2. The molecule has 0 radical (unpaired) electrons. The third-order valence-electron chi connectivity index (χ3n) is 3.09. The molecule has 0 atom stereocenters. The lowest BCUT2D eigenvalue weighted by molar-refractivity contribution is 0.0964. The SMILES string of the molecule is CNC(=O)c1cc2ccccc2c2cccnc12. The molecular formula is C15H12N2O. The number of aromatic nitrogens is 1. The van der Waals surface area contributed by atoms with Gasteiger partial charge in [0.05, 0.1) is 11.1 Å². The zero-order valence-electron chi connectivity index (χ0n) is 9.97. The van der Waals surface area contributed by atoms with Crippen LogP contribution in [0, 0.1) is 0 Å². The van der Waals surface area contributed by atoms with Crippen molar-refractivity contribution in [1.29, 1.82) is 0 Å². The summed E-state index contributed by atoms with van der Waals surface area (Å²) in [5.41, 5.74) is 1.36. The van der Waals surface area contributed by atoms with Gasteiger partial charge in [-0.25, -0.2) is 0 Å². The Hall–Kier alpha value is -2.42. The average molecular weight is 236 g/mol. The van der Waals surface area contributed by atoms with E-state index in [0.29, 0.717) is 5.56 Å². The summed E-state index contributed by atoms with van der Waals surface area (Å²) in [6.45, 7) is 0. The predicted octanol–water partition coefficient (Wildman–Crippen LogP) is 2.75. The first-order valence-corrected chi connectivity index (χ1v) is 5.80. The van der Waals surface area contributed by atoms with Crippen LogP contribution in [0.5, 0.6) is 0 Å². The summed E-state index contributed by atoms with van der Waals surface area (Å²) >= 11 is 0. The molecule has 1 heterocycles. The van der Waals surface area contributed by atoms with Gasteiger partial charge >= 0.3 is 0 Å². The summed E-state index contributed by atoms with van der Waals surface area (Å²) in [6, 6.07) is 13.8. The van der Waals surface area contributed by atoms with Gasteiger partial charge in [-0.3, -0.25) is 9.78 Å². The minimum absolute atomic E-state index is 0.107.